The number of hydrogen-bond acceptors (Lipinski definition) is 2. The minimum atomic E-state index is 0.0877. The summed E-state index contributed by atoms with van der Waals surface area (Å²) in [7, 11) is 0. The van der Waals surface area contributed by atoms with Crippen LogP contribution in [0.2, 0.25) is 10.0 Å². The molecule has 1 fully saturated rings. The highest BCUT2D eigenvalue weighted by Crippen LogP contribution is 2.29. The molecule has 1 saturated heterocycles. The second-order valence-corrected chi connectivity index (χ2v) is 4.42. The van der Waals surface area contributed by atoms with E-state index in [1.165, 1.54) is 0 Å². The van der Waals surface area contributed by atoms with Crippen molar-refractivity contribution < 1.29 is 4.74 Å². The molecule has 0 radical (unpaired) electrons. The zero-order valence-corrected chi connectivity index (χ0v) is 9.98. The van der Waals surface area contributed by atoms with Crippen LogP contribution in [0.3, 0.4) is 0 Å². The molecule has 0 saturated carbocycles. The molecule has 82 valence electrons. The van der Waals surface area contributed by atoms with Crippen molar-refractivity contribution in [3.63, 3.8) is 0 Å². The van der Waals surface area contributed by atoms with Gasteiger partial charge in [-0.2, -0.15) is 0 Å². The highest BCUT2D eigenvalue weighted by atomic mass is 35.5. The summed E-state index contributed by atoms with van der Waals surface area (Å²) in [6.45, 7) is 2.92. The molecular formula is C11H13Cl2NO. The molecule has 0 amide bonds. The number of benzene rings is 1. The molecule has 0 spiro atoms. The van der Waals surface area contributed by atoms with Crippen LogP contribution in [0.15, 0.2) is 18.2 Å². The van der Waals surface area contributed by atoms with E-state index in [1.807, 2.05) is 18.2 Å². The topological polar surface area (TPSA) is 21.3 Å². The quantitative estimate of drug-likeness (QED) is 0.863. The summed E-state index contributed by atoms with van der Waals surface area (Å²) in [4.78, 5) is 0. The van der Waals surface area contributed by atoms with E-state index in [0.717, 1.165) is 18.5 Å². The summed E-state index contributed by atoms with van der Waals surface area (Å²) in [6, 6.07) is 5.63. The molecule has 2 nitrogen and oxygen atoms in total. The van der Waals surface area contributed by atoms with E-state index in [1.54, 1.807) is 0 Å². The average Bonchev–Trinajstić information content (AvgIpc) is 2.70. The summed E-state index contributed by atoms with van der Waals surface area (Å²) in [5, 5.41) is 4.45. The van der Waals surface area contributed by atoms with Crippen LogP contribution in [0.5, 0.6) is 0 Å². The molecule has 1 aromatic rings. The van der Waals surface area contributed by atoms with Crippen molar-refractivity contribution >= 4 is 23.2 Å². The predicted octanol–water partition coefficient (Wildman–Crippen LogP) is 3.39. The third kappa shape index (κ3) is 2.45. The molecule has 2 rings (SSSR count). The molecule has 0 aliphatic carbocycles. The molecule has 1 aromatic carbocycles. The Morgan fingerprint density at radius 2 is 2.20 bits per heavy atom. The number of halogens is 2. The third-order valence-electron chi connectivity index (χ3n) is 2.55. The number of nitrogens with one attached hydrogen (secondary N) is 1. The van der Waals surface area contributed by atoms with Gasteiger partial charge in [0, 0.05) is 6.54 Å². The summed E-state index contributed by atoms with van der Waals surface area (Å²) in [6.07, 6.45) is 1.21. The van der Waals surface area contributed by atoms with Gasteiger partial charge in [0.25, 0.3) is 0 Å². The van der Waals surface area contributed by atoms with Crippen molar-refractivity contribution in [3.05, 3.63) is 33.8 Å². The first-order chi connectivity index (χ1) is 7.20. The van der Waals surface area contributed by atoms with Gasteiger partial charge in [0.05, 0.1) is 16.1 Å². The Morgan fingerprint density at radius 1 is 1.40 bits per heavy atom. The van der Waals surface area contributed by atoms with Gasteiger partial charge in [-0.05, 0) is 24.1 Å². The van der Waals surface area contributed by atoms with Crippen molar-refractivity contribution in [2.24, 2.45) is 0 Å². The lowest BCUT2D eigenvalue weighted by atomic mass is 10.1. The Labute approximate surface area is 99.5 Å². The summed E-state index contributed by atoms with van der Waals surface area (Å²) in [5.74, 6) is 0. The molecule has 0 bridgehead atoms. The van der Waals surface area contributed by atoms with Gasteiger partial charge in [0.15, 0.2) is 0 Å². The van der Waals surface area contributed by atoms with Gasteiger partial charge < -0.3 is 4.74 Å². The van der Waals surface area contributed by atoms with Gasteiger partial charge in [-0.25, -0.2) is 0 Å². The average molecular weight is 246 g/mol. The zero-order chi connectivity index (χ0) is 10.8. The Kier molecular flexibility index (Phi) is 3.52. The normalized spacial score (nSPS) is 25.8. The Balaban J connectivity index is 2.13. The number of hydrogen-bond donors (Lipinski definition) is 1. The second-order valence-electron chi connectivity index (χ2n) is 3.60. The molecule has 1 aliphatic heterocycles. The van der Waals surface area contributed by atoms with Crippen molar-refractivity contribution in [3.8, 4) is 0 Å². The molecule has 0 aromatic heterocycles. The first kappa shape index (κ1) is 11.2. The lowest BCUT2D eigenvalue weighted by Gasteiger charge is -2.11. The van der Waals surface area contributed by atoms with Gasteiger partial charge in [0.1, 0.15) is 6.23 Å². The minimum absolute atomic E-state index is 0.0877. The minimum Gasteiger partial charge on any atom is -0.354 e. The van der Waals surface area contributed by atoms with Crippen molar-refractivity contribution in [1.29, 1.82) is 0 Å². The van der Waals surface area contributed by atoms with Crippen LogP contribution < -0.4 is 5.32 Å². The Hall–Kier alpha value is -0.280. The highest BCUT2D eigenvalue weighted by molar-refractivity contribution is 6.42. The van der Waals surface area contributed by atoms with Crippen molar-refractivity contribution in [1.82, 2.24) is 5.32 Å². The van der Waals surface area contributed by atoms with Crippen molar-refractivity contribution in [2.75, 3.05) is 6.54 Å². The van der Waals surface area contributed by atoms with Crippen LogP contribution in [0, 0.1) is 0 Å². The van der Waals surface area contributed by atoms with Crippen LogP contribution in [0.4, 0.5) is 0 Å². The number of ether oxygens (including phenoxy) is 1. The maximum atomic E-state index is 5.95. The molecule has 1 aliphatic rings. The molecule has 4 heteroatoms. The summed E-state index contributed by atoms with van der Waals surface area (Å²) >= 11 is 11.8. The summed E-state index contributed by atoms with van der Waals surface area (Å²) in [5.41, 5.74) is 1.08. The van der Waals surface area contributed by atoms with E-state index in [2.05, 4.69) is 12.2 Å². The van der Waals surface area contributed by atoms with Gasteiger partial charge in [-0.3, -0.25) is 5.32 Å². The lowest BCUT2D eigenvalue weighted by molar-refractivity contribution is 0.0392. The smallest absolute Gasteiger partial charge is 0.108 e. The maximum Gasteiger partial charge on any atom is 0.108 e. The standard InChI is InChI=1S/C11H13Cl2NO/c1-2-11-14-6-10(15-11)7-3-4-8(12)9(13)5-7/h3-5,10-11,14H,2,6H2,1H3. The first-order valence-electron chi connectivity index (χ1n) is 5.04. The van der Waals surface area contributed by atoms with Gasteiger partial charge in [-0.1, -0.05) is 36.2 Å². The molecule has 2 unspecified atom stereocenters. The molecule has 2 atom stereocenters. The van der Waals surface area contributed by atoms with Crippen LogP contribution in [0.1, 0.15) is 25.0 Å². The third-order valence-corrected chi connectivity index (χ3v) is 3.28. The maximum absolute atomic E-state index is 5.95. The molecule has 1 N–H and O–H groups in total. The number of rotatable bonds is 2. The van der Waals surface area contributed by atoms with Crippen molar-refractivity contribution in [2.45, 2.75) is 25.7 Å². The fraction of sp³-hybridized carbons (Fsp3) is 0.455. The molecule has 15 heavy (non-hydrogen) atoms. The first-order valence-corrected chi connectivity index (χ1v) is 5.80. The lowest BCUT2D eigenvalue weighted by Crippen LogP contribution is -2.20. The SMILES string of the molecule is CCC1NCC(c2ccc(Cl)c(Cl)c2)O1. The molecule has 1 heterocycles. The van der Waals surface area contributed by atoms with E-state index in [4.69, 9.17) is 27.9 Å². The largest absolute Gasteiger partial charge is 0.354 e. The van der Waals surface area contributed by atoms with E-state index in [-0.39, 0.29) is 12.3 Å². The van der Waals surface area contributed by atoms with E-state index in [9.17, 15) is 0 Å². The van der Waals surface area contributed by atoms with E-state index >= 15 is 0 Å². The van der Waals surface area contributed by atoms with Gasteiger partial charge in [0.2, 0.25) is 0 Å². The highest BCUT2D eigenvalue weighted by Gasteiger charge is 2.24. The fourth-order valence-electron chi connectivity index (χ4n) is 1.68. The van der Waals surface area contributed by atoms with Gasteiger partial charge >= 0.3 is 0 Å². The van der Waals surface area contributed by atoms with Crippen LogP contribution in [-0.4, -0.2) is 12.8 Å². The van der Waals surface area contributed by atoms with Crippen LogP contribution in [-0.2, 0) is 4.74 Å². The second kappa shape index (κ2) is 4.71. The Bertz CT molecular complexity index is 356. The summed E-state index contributed by atoms with van der Waals surface area (Å²) < 4.78 is 5.78. The van der Waals surface area contributed by atoms with Crippen LogP contribution in [0.25, 0.3) is 0 Å². The van der Waals surface area contributed by atoms with Crippen LogP contribution >= 0.6 is 23.2 Å². The fourth-order valence-corrected chi connectivity index (χ4v) is 1.99. The monoisotopic (exact) mass is 245 g/mol. The zero-order valence-electron chi connectivity index (χ0n) is 8.47. The Morgan fingerprint density at radius 3 is 2.80 bits per heavy atom. The predicted molar refractivity (Wildman–Crippen MR) is 62.4 cm³/mol. The van der Waals surface area contributed by atoms with Gasteiger partial charge in [-0.15, -0.1) is 0 Å². The van der Waals surface area contributed by atoms with E-state index < -0.39 is 0 Å². The van der Waals surface area contributed by atoms with E-state index in [0.29, 0.717) is 10.0 Å². The molecular weight excluding hydrogens is 233 g/mol.